The molecule has 2 aromatic rings. The molecular weight excluding hydrogens is 366 g/mol. The zero-order valence-corrected chi connectivity index (χ0v) is 16.4. The smallest absolute Gasteiger partial charge is 0.260 e. The molecule has 0 aromatic heterocycles. The molecular formula is C19H23N3O4S. The van der Waals surface area contributed by atoms with Crippen LogP contribution in [0.3, 0.4) is 0 Å². The Bertz CT molecular complexity index is 892. The number of rotatable bonds is 8. The van der Waals surface area contributed by atoms with Gasteiger partial charge in [-0.2, -0.15) is 5.10 Å². The van der Waals surface area contributed by atoms with E-state index in [1.165, 1.54) is 6.21 Å². The van der Waals surface area contributed by atoms with Crippen molar-refractivity contribution < 1.29 is 17.9 Å². The van der Waals surface area contributed by atoms with E-state index in [1.807, 2.05) is 19.1 Å². The van der Waals surface area contributed by atoms with Crippen molar-refractivity contribution in [2.24, 2.45) is 5.10 Å². The summed E-state index contributed by atoms with van der Waals surface area (Å²) < 4.78 is 30.3. The lowest BCUT2D eigenvalue weighted by molar-refractivity contribution is -0.119. The molecule has 0 atom stereocenters. The van der Waals surface area contributed by atoms with Gasteiger partial charge < -0.3 is 4.74 Å². The number of methoxy groups -OCH3 is 1. The number of anilines is 1. The summed E-state index contributed by atoms with van der Waals surface area (Å²) in [7, 11) is -2.03. The number of carbonyl (C=O) groups excluding carboxylic acids is 1. The number of hydrogen-bond acceptors (Lipinski definition) is 5. The average Bonchev–Trinajstić information content (AvgIpc) is 2.66. The molecule has 0 saturated carbocycles. The summed E-state index contributed by atoms with van der Waals surface area (Å²) in [5.41, 5.74) is 4.64. The molecule has 0 bridgehead atoms. The van der Waals surface area contributed by atoms with E-state index in [0.29, 0.717) is 11.4 Å². The summed E-state index contributed by atoms with van der Waals surface area (Å²) in [5.74, 6) is 0.179. The fourth-order valence-electron chi connectivity index (χ4n) is 2.33. The van der Waals surface area contributed by atoms with Crippen LogP contribution in [0.4, 0.5) is 5.69 Å². The van der Waals surface area contributed by atoms with Gasteiger partial charge in [0, 0.05) is 0 Å². The van der Waals surface area contributed by atoms with E-state index in [-0.39, 0.29) is 6.54 Å². The van der Waals surface area contributed by atoms with E-state index in [2.05, 4.69) is 10.5 Å². The third-order valence-corrected chi connectivity index (χ3v) is 4.98. The van der Waals surface area contributed by atoms with Crippen LogP contribution in [0, 0.1) is 0 Å². The molecule has 8 heteroatoms. The van der Waals surface area contributed by atoms with Crippen molar-refractivity contribution in [2.75, 3.05) is 24.2 Å². The van der Waals surface area contributed by atoms with Crippen LogP contribution in [-0.2, 0) is 21.2 Å². The minimum absolute atomic E-state index is 0.357. The first-order chi connectivity index (χ1) is 12.8. The van der Waals surface area contributed by atoms with Crippen LogP contribution in [0.25, 0.3) is 0 Å². The van der Waals surface area contributed by atoms with Gasteiger partial charge in [0.15, 0.2) is 0 Å². The second-order valence-electron chi connectivity index (χ2n) is 5.86. The van der Waals surface area contributed by atoms with Gasteiger partial charge in [-0.15, -0.1) is 0 Å². The van der Waals surface area contributed by atoms with Crippen LogP contribution in [0.5, 0.6) is 5.75 Å². The van der Waals surface area contributed by atoms with E-state index in [4.69, 9.17) is 4.74 Å². The number of ether oxygens (including phenoxy) is 1. The summed E-state index contributed by atoms with van der Waals surface area (Å²) in [6, 6.07) is 14.2. The van der Waals surface area contributed by atoms with Gasteiger partial charge in [-0.1, -0.05) is 19.1 Å². The first-order valence-electron chi connectivity index (χ1n) is 8.36. The zero-order chi connectivity index (χ0) is 19.9. The maximum absolute atomic E-state index is 12.1. The highest BCUT2D eigenvalue weighted by Crippen LogP contribution is 2.18. The van der Waals surface area contributed by atoms with Crippen molar-refractivity contribution in [3.63, 3.8) is 0 Å². The third kappa shape index (κ3) is 6.10. The lowest BCUT2D eigenvalue weighted by Gasteiger charge is -2.21. The monoisotopic (exact) mass is 389 g/mol. The second kappa shape index (κ2) is 9.18. The Balaban J connectivity index is 2.03. The van der Waals surface area contributed by atoms with Crippen molar-refractivity contribution >= 4 is 27.8 Å². The van der Waals surface area contributed by atoms with E-state index in [9.17, 15) is 13.2 Å². The van der Waals surface area contributed by atoms with Crippen LogP contribution in [-0.4, -0.2) is 40.4 Å². The van der Waals surface area contributed by atoms with E-state index in [0.717, 1.165) is 28.1 Å². The Morgan fingerprint density at radius 2 is 1.78 bits per heavy atom. The molecule has 0 aliphatic heterocycles. The fourth-order valence-corrected chi connectivity index (χ4v) is 3.19. The van der Waals surface area contributed by atoms with Gasteiger partial charge in [0.25, 0.3) is 5.91 Å². The molecule has 0 aliphatic carbocycles. The fraction of sp³-hybridized carbons (Fsp3) is 0.263. The highest BCUT2D eigenvalue weighted by molar-refractivity contribution is 7.92. The van der Waals surface area contributed by atoms with E-state index in [1.54, 1.807) is 43.5 Å². The minimum Gasteiger partial charge on any atom is -0.497 e. The summed E-state index contributed by atoms with van der Waals surface area (Å²) in [4.78, 5) is 12.1. The molecule has 0 fully saturated rings. The van der Waals surface area contributed by atoms with Crippen molar-refractivity contribution in [1.29, 1.82) is 0 Å². The number of benzene rings is 2. The predicted octanol–water partition coefficient (Wildman–Crippen LogP) is 2.17. The Labute approximate surface area is 159 Å². The van der Waals surface area contributed by atoms with E-state index < -0.39 is 15.9 Å². The molecule has 0 spiro atoms. The normalized spacial score (nSPS) is 11.4. The summed E-state index contributed by atoms with van der Waals surface area (Å²) in [6.07, 6.45) is 3.38. The van der Waals surface area contributed by atoms with Crippen LogP contribution in [0.15, 0.2) is 53.6 Å². The van der Waals surface area contributed by atoms with Crippen molar-refractivity contribution in [3.8, 4) is 5.75 Å². The first-order valence-corrected chi connectivity index (χ1v) is 10.2. The SMILES string of the molecule is CCc1ccc(N(CC(=O)N/N=C\c2ccc(OC)cc2)S(C)(=O)=O)cc1. The number of carbonyl (C=O) groups is 1. The van der Waals surface area contributed by atoms with Crippen LogP contribution < -0.4 is 14.5 Å². The summed E-state index contributed by atoms with van der Waals surface area (Å²) in [6.45, 7) is 1.65. The van der Waals surface area contributed by atoms with Gasteiger partial charge in [0.2, 0.25) is 10.0 Å². The van der Waals surface area contributed by atoms with Gasteiger partial charge >= 0.3 is 0 Å². The van der Waals surface area contributed by atoms with Gasteiger partial charge in [0.05, 0.1) is 25.3 Å². The van der Waals surface area contributed by atoms with Gasteiger partial charge in [-0.05, 0) is 53.9 Å². The van der Waals surface area contributed by atoms with Gasteiger partial charge in [-0.25, -0.2) is 13.8 Å². The number of hydrogen-bond donors (Lipinski definition) is 1. The number of sulfonamides is 1. The molecule has 144 valence electrons. The Morgan fingerprint density at radius 1 is 1.15 bits per heavy atom. The number of hydrazone groups is 1. The molecule has 0 aliphatic rings. The lowest BCUT2D eigenvalue weighted by atomic mass is 10.1. The lowest BCUT2D eigenvalue weighted by Crippen LogP contribution is -2.39. The predicted molar refractivity (Wildman–Crippen MR) is 107 cm³/mol. The largest absolute Gasteiger partial charge is 0.497 e. The molecule has 2 aromatic carbocycles. The number of nitrogens with zero attached hydrogens (tertiary/aromatic N) is 2. The standard InChI is InChI=1S/C19H23N3O4S/c1-4-15-5-9-17(10-6-15)22(27(3,24)25)14-19(23)21-20-13-16-7-11-18(26-2)12-8-16/h5-13H,4,14H2,1-3H3,(H,21,23)/b20-13-. The quantitative estimate of drug-likeness (QED) is 0.554. The molecule has 2 rings (SSSR count). The topological polar surface area (TPSA) is 88.1 Å². The van der Waals surface area contributed by atoms with Gasteiger partial charge in [-0.3, -0.25) is 9.10 Å². The zero-order valence-electron chi connectivity index (χ0n) is 15.5. The van der Waals surface area contributed by atoms with Crippen LogP contribution >= 0.6 is 0 Å². The second-order valence-corrected chi connectivity index (χ2v) is 7.76. The molecule has 7 nitrogen and oxygen atoms in total. The van der Waals surface area contributed by atoms with Crippen LogP contribution in [0.2, 0.25) is 0 Å². The molecule has 0 saturated heterocycles. The third-order valence-electron chi connectivity index (χ3n) is 3.84. The van der Waals surface area contributed by atoms with Crippen LogP contribution in [0.1, 0.15) is 18.1 Å². The van der Waals surface area contributed by atoms with Crippen molar-refractivity contribution in [2.45, 2.75) is 13.3 Å². The number of nitrogens with one attached hydrogen (secondary N) is 1. The Morgan fingerprint density at radius 3 is 2.30 bits per heavy atom. The Hall–Kier alpha value is -2.87. The molecule has 0 unspecified atom stereocenters. The maximum Gasteiger partial charge on any atom is 0.260 e. The highest BCUT2D eigenvalue weighted by Gasteiger charge is 2.20. The van der Waals surface area contributed by atoms with E-state index >= 15 is 0 Å². The summed E-state index contributed by atoms with van der Waals surface area (Å²) >= 11 is 0. The van der Waals surface area contributed by atoms with Crippen molar-refractivity contribution in [3.05, 3.63) is 59.7 Å². The average molecular weight is 389 g/mol. The first kappa shape index (κ1) is 20.4. The molecule has 1 N–H and O–H groups in total. The van der Waals surface area contributed by atoms with Crippen molar-refractivity contribution in [1.82, 2.24) is 5.43 Å². The highest BCUT2D eigenvalue weighted by atomic mass is 32.2. The Kier molecular flexibility index (Phi) is 6.95. The molecule has 27 heavy (non-hydrogen) atoms. The molecule has 0 radical (unpaired) electrons. The van der Waals surface area contributed by atoms with Gasteiger partial charge in [0.1, 0.15) is 12.3 Å². The summed E-state index contributed by atoms with van der Waals surface area (Å²) in [5, 5.41) is 3.87. The number of amides is 1. The minimum atomic E-state index is -3.61. The molecule has 1 amide bonds. The molecule has 0 heterocycles. The number of aryl methyl sites for hydroxylation is 1. The maximum atomic E-state index is 12.1.